The van der Waals surface area contributed by atoms with E-state index in [-0.39, 0.29) is 0 Å². The Kier molecular flexibility index (Phi) is 35.3. The molecule has 0 saturated carbocycles. The van der Waals surface area contributed by atoms with Crippen LogP contribution in [0.15, 0.2) is 57.5 Å². The molecule has 18 heteroatoms. The first kappa shape index (κ1) is 59.1. The first-order chi connectivity index (χ1) is 33.5. The molecule has 0 atom stereocenters. The number of ether oxygens (including phenoxy) is 16. The average molecular weight is 1090 g/mol. The van der Waals surface area contributed by atoms with Gasteiger partial charge in [0, 0.05) is 37.4 Å². The van der Waals surface area contributed by atoms with Crippen LogP contribution in [0, 0.1) is 0 Å². The maximum Gasteiger partial charge on any atom is 0.161 e. The monoisotopic (exact) mass is 1090 g/mol. The zero-order valence-corrected chi connectivity index (χ0v) is 43.4. The molecular formula is C50H72Br2O16. The van der Waals surface area contributed by atoms with Crippen LogP contribution in [0.4, 0.5) is 0 Å². The van der Waals surface area contributed by atoms with Gasteiger partial charge in [-0.15, -0.1) is 0 Å². The van der Waals surface area contributed by atoms with Crippen molar-refractivity contribution in [2.45, 2.75) is 0 Å². The Labute approximate surface area is 419 Å². The first-order valence-corrected chi connectivity index (χ1v) is 24.3. The van der Waals surface area contributed by atoms with Crippen molar-refractivity contribution >= 4 is 56.2 Å². The lowest BCUT2D eigenvalue weighted by molar-refractivity contribution is 0.0160. The highest BCUT2D eigenvalue weighted by molar-refractivity contribution is 9.11. The van der Waals surface area contributed by atoms with Crippen molar-refractivity contribution in [2.24, 2.45) is 0 Å². The smallest absolute Gasteiger partial charge is 0.161 e. The predicted octanol–water partition coefficient (Wildman–Crippen LogP) is 7.79. The molecule has 0 aliphatic heterocycles. The van der Waals surface area contributed by atoms with E-state index in [0.717, 1.165) is 31.2 Å². The predicted molar refractivity (Wildman–Crippen MR) is 269 cm³/mol. The lowest BCUT2D eigenvalue weighted by atomic mass is 10.1. The zero-order valence-electron chi connectivity index (χ0n) is 40.2. The van der Waals surface area contributed by atoms with Crippen molar-refractivity contribution in [2.75, 3.05) is 187 Å². The Morgan fingerprint density at radius 1 is 0.294 bits per heavy atom. The van der Waals surface area contributed by atoms with Crippen molar-refractivity contribution in [1.29, 1.82) is 0 Å². The van der Waals surface area contributed by atoms with E-state index in [9.17, 15) is 0 Å². The van der Waals surface area contributed by atoms with Gasteiger partial charge in [-0.2, -0.15) is 0 Å². The Bertz CT molecular complexity index is 1650. The largest absolute Gasteiger partial charge is 0.487 e. The van der Waals surface area contributed by atoms with E-state index >= 15 is 0 Å². The molecule has 3 aromatic rings. The van der Waals surface area contributed by atoms with Crippen LogP contribution < -0.4 is 18.9 Å². The Balaban J connectivity index is 1.64. The standard InChI is InChI=1S/C50H72Br2O16/c1-53-13-17-57-21-25-61-29-33-65-47-11-7-41(37-49(47)67-35-31-63-27-23-59-19-15-55-3)5-9-43-39-46(52)44(40-45(43)51)10-6-42-8-12-48(66-34-30-62-26-22-58-18-14-54-2)50(38-42)68-36-32-64-28-24-60-20-16-56-4/h5-12,37-40H,13-36H2,1-4H3/b9-5+,10-6+. The lowest BCUT2D eigenvalue weighted by Crippen LogP contribution is -2.14. The van der Waals surface area contributed by atoms with Crippen LogP contribution in [0.3, 0.4) is 0 Å². The number of rotatable bonds is 44. The molecule has 3 aromatic carbocycles. The minimum atomic E-state index is 0.334. The van der Waals surface area contributed by atoms with Crippen LogP contribution in [0.2, 0.25) is 0 Å². The molecule has 0 unspecified atom stereocenters. The molecule has 0 aliphatic carbocycles. The molecule has 0 heterocycles. The van der Waals surface area contributed by atoms with E-state index in [1.165, 1.54) is 0 Å². The van der Waals surface area contributed by atoms with Gasteiger partial charge in [0.25, 0.3) is 0 Å². The maximum atomic E-state index is 6.15. The topological polar surface area (TPSA) is 148 Å². The second-order valence-electron chi connectivity index (χ2n) is 14.2. The van der Waals surface area contributed by atoms with E-state index in [1.807, 2.05) is 60.7 Å². The SMILES string of the molecule is COCCOCCOCCOc1ccc(/C=C/c2cc(Br)c(/C=C/c3ccc(OCCOCCOCCOC)c(OCCOCCOCCOC)c3)cc2Br)cc1OCCOCCOCCOC. The first-order valence-electron chi connectivity index (χ1n) is 22.7. The third-order valence-corrected chi connectivity index (χ3v) is 10.5. The van der Waals surface area contributed by atoms with Gasteiger partial charge in [0.15, 0.2) is 23.0 Å². The maximum absolute atomic E-state index is 6.15. The van der Waals surface area contributed by atoms with Crippen molar-refractivity contribution in [3.05, 3.63) is 79.7 Å². The minimum absolute atomic E-state index is 0.334. The molecule has 0 aromatic heterocycles. The van der Waals surface area contributed by atoms with Gasteiger partial charge in [0.1, 0.15) is 26.4 Å². The van der Waals surface area contributed by atoms with E-state index in [1.54, 1.807) is 28.4 Å². The van der Waals surface area contributed by atoms with Gasteiger partial charge < -0.3 is 75.8 Å². The molecule has 0 N–H and O–H groups in total. The van der Waals surface area contributed by atoms with Crippen molar-refractivity contribution in [3.63, 3.8) is 0 Å². The Morgan fingerprint density at radius 2 is 0.544 bits per heavy atom. The van der Waals surface area contributed by atoms with Gasteiger partial charge in [-0.05, 0) is 58.7 Å². The summed E-state index contributed by atoms with van der Waals surface area (Å²) in [6.45, 7) is 11.0. The summed E-state index contributed by atoms with van der Waals surface area (Å²) in [5, 5.41) is 0. The Morgan fingerprint density at radius 3 is 0.824 bits per heavy atom. The molecule has 0 spiro atoms. The van der Waals surface area contributed by atoms with Crippen molar-refractivity contribution in [3.8, 4) is 23.0 Å². The van der Waals surface area contributed by atoms with Gasteiger partial charge in [-0.25, -0.2) is 0 Å². The molecule has 0 bridgehead atoms. The summed E-state index contributed by atoms with van der Waals surface area (Å²) in [4.78, 5) is 0. The van der Waals surface area contributed by atoms with Crippen LogP contribution in [-0.2, 0) is 56.8 Å². The number of benzene rings is 3. The summed E-state index contributed by atoms with van der Waals surface area (Å²) < 4.78 is 90.9. The van der Waals surface area contributed by atoms with Gasteiger partial charge in [-0.3, -0.25) is 0 Å². The fourth-order valence-electron chi connectivity index (χ4n) is 5.62. The summed E-state index contributed by atoms with van der Waals surface area (Å²) in [6.07, 6.45) is 8.13. The summed E-state index contributed by atoms with van der Waals surface area (Å²) in [5.74, 6) is 2.41. The number of halogens is 2. The van der Waals surface area contributed by atoms with Gasteiger partial charge in [0.2, 0.25) is 0 Å². The summed E-state index contributed by atoms with van der Waals surface area (Å²) in [6, 6.07) is 15.8. The summed E-state index contributed by atoms with van der Waals surface area (Å²) in [7, 11) is 6.57. The lowest BCUT2D eigenvalue weighted by Gasteiger charge is -2.14. The van der Waals surface area contributed by atoms with Gasteiger partial charge >= 0.3 is 0 Å². The second kappa shape index (κ2) is 40.5. The average Bonchev–Trinajstić information content (AvgIpc) is 3.34. The molecule has 68 heavy (non-hydrogen) atoms. The van der Waals surface area contributed by atoms with E-state index in [4.69, 9.17) is 75.8 Å². The second-order valence-corrected chi connectivity index (χ2v) is 15.9. The third-order valence-electron chi connectivity index (χ3n) is 9.12. The fourth-order valence-corrected chi connectivity index (χ4v) is 6.61. The molecule has 16 nitrogen and oxygen atoms in total. The molecule has 3 rings (SSSR count). The quantitative estimate of drug-likeness (QED) is 0.0401. The number of methoxy groups -OCH3 is 4. The molecule has 0 radical (unpaired) electrons. The Hall–Kier alpha value is -3.18. The molecule has 0 saturated heterocycles. The number of hydrogen-bond acceptors (Lipinski definition) is 16. The molecular weight excluding hydrogens is 1020 g/mol. The molecule has 382 valence electrons. The van der Waals surface area contributed by atoms with Crippen LogP contribution in [0.25, 0.3) is 24.3 Å². The van der Waals surface area contributed by atoms with Gasteiger partial charge in [-0.1, -0.05) is 68.3 Å². The molecule has 0 aliphatic rings. The van der Waals surface area contributed by atoms with Crippen LogP contribution in [0.5, 0.6) is 23.0 Å². The van der Waals surface area contributed by atoms with Gasteiger partial charge in [0.05, 0.1) is 132 Å². The van der Waals surface area contributed by atoms with Crippen LogP contribution >= 0.6 is 31.9 Å². The highest BCUT2D eigenvalue weighted by atomic mass is 79.9. The highest BCUT2D eigenvalue weighted by Crippen LogP contribution is 2.33. The van der Waals surface area contributed by atoms with Crippen molar-refractivity contribution in [1.82, 2.24) is 0 Å². The minimum Gasteiger partial charge on any atom is -0.487 e. The van der Waals surface area contributed by atoms with Crippen LogP contribution in [0.1, 0.15) is 22.3 Å². The number of hydrogen-bond donors (Lipinski definition) is 0. The van der Waals surface area contributed by atoms with E-state index in [2.05, 4.69) is 44.0 Å². The third kappa shape index (κ3) is 27.9. The summed E-state index contributed by atoms with van der Waals surface area (Å²) in [5.41, 5.74) is 3.81. The highest BCUT2D eigenvalue weighted by Gasteiger charge is 2.10. The molecule has 0 amide bonds. The normalized spacial score (nSPS) is 11.6. The molecule has 0 fully saturated rings. The van der Waals surface area contributed by atoms with E-state index in [0.29, 0.717) is 182 Å². The van der Waals surface area contributed by atoms with Crippen molar-refractivity contribution < 1.29 is 75.8 Å². The fraction of sp³-hybridized carbons (Fsp3) is 0.560. The van der Waals surface area contributed by atoms with Crippen LogP contribution in [-0.4, -0.2) is 187 Å². The van der Waals surface area contributed by atoms with E-state index < -0.39 is 0 Å². The summed E-state index contributed by atoms with van der Waals surface area (Å²) >= 11 is 7.58. The zero-order chi connectivity index (χ0) is 48.5.